The second-order valence-electron chi connectivity index (χ2n) is 3.95. The average molecular weight is 260 g/mol. The molecule has 4 nitrogen and oxygen atoms in total. The van der Waals surface area contributed by atoms with E-state index >= 15 is 0 Å². The van der Waals surface area contributed by atoms with Crippen molar-refractivity contribution in [3.8, 4) is 0 Å². The topological polar surface area (TPSA) is 60.8 Å². The van der Waals surface area contributed by atoms with Crippen LogP contribution in [0.2, 0.25) is 5.02 Å². The van der Waals surface area contributed by atoms with Crippen molar-refractivity contribution in [3.63, 3.8) is 0 Å². The Morgan fingerprint density at radius 1 is 1.35 bits per heavy atom. The number of aliphatic hydroxyl groups is 2. The first-order chi connectivity index (χ1) is 8.00. The minimum absolute atomic E-state index is 0.00798. The third kappa shape index (κ3) is 2.26. The molecule has 1 aromatic carbocycles. The van der Waals surface area contributed by atoms with Crippen LogP contribution in [0.15, 0.2) is 18.2 Å². The lowest BCUT2D eigenvalue weighted by Crippen LogP contribution is -2.30. The van der Waals surface area contributed by atoms with Gasteiger partial charge < -0.3 is 15.1 Å². The van der Waals surface area contributed by atoms with Gasteiger partial charge in [-0.25, -0.2) is 4.39 Å². The number of nitrogens with zero attached hydrogens (tertiary/aromatic N) is 1. The molecule has 0 saturated carbocycles. The van der Waals surface area contributed by atoms with Gasteiger partial charge >= 0.3 is 0 Å². The first kappa shape index (κ1) is 12.3. The Morgan fingerprint density at radius 3 is 2.53 bits per heavy atom. The number of rotatable bonds is 1. The molecule has 0 aliphatic carbocycles. The number of halogens is 2. The summed E-state index contributed by atoms with van der Waals surface area (Å²) in [6, 6.07) is 4.14. The van der Waals surface area contributed by atoms with E-state index in [0.717, 1.165) is 0 Å². The van der Waals surface area contributed by atoms with Crippen LogP contribution in [0.25, 0.3) is 0 Å². The second-order valence-corrected chi connectivity index (χ2v) is 4.35. The molecule has 17 heavy (non-hydrogen) atoms. The van der Waals surface area contributed by atoms with Gasteiger partial charge in [0.05, 0.1) is 22.8 Å². The standard InChI is InChI=1S/C11H11ClFNO3/c12-7-3-1-2-6(10(7)13)11(17)14-4-8(15)9(16)5-14/h1-3,8-9,15-16H,4-5H2/t8-,9+. The van der Waals surface area contributed by atoms with Crippen LogP contribution in [0.5, 0.6) is 0 Å². The highest BCUT2D eigenvalue weighted by Gasteiger charge is 2.33. The fourth-order valence-electron chi connectivity index (χ4n) is 1.77. The molecule has 6 heteroatoms. The smallest absolute Gasteiger partial charge is 0.257 e. The number of β-amino-alcohol motifs (C(OH)–C–C–N with tert-alkyl or cyclic N) is 2. The number of aliphatic hydroxyl groups excluding tert-OH is 2. The number of benzene rings is 1. The molecule has 0 spiro atoms. The monoisotopic (exact) mass is 259 g/mol. The Morgan fingerprint density at radius 2 is 1.94 bits per heavy atom. The Kier molecular flexibility index (Phi) is 3.33. The van der Waals surface area contributed by atoms with Crippen molar-refractivity contribution >= 4 is 17.5 Å². The number of amides is 1. The average Bonchev–Trinajstić information content (AvgIpc) is 2.62. The zero-order valence-corrected chi connectivity index (χ0v) is 9.56. The lowest BCUT2D eigenvalue weighted by molar-refractivity contribution is 0.0572. The normalized spacial score (nSPS) is 24.1. The number of carbonyl (C=O) groups is 1. The molecule has 1 aliphatic heterocycles. The van der Waals surface area contributed by atoms with E-state index in [1.165, 1.54) is 23.1 Å². The largest absolute Gasteiger partial charge is 0.388 e. The first-order valence-corrected chi connectivity index (χ1v) is 5.48. The maximum atomic E-state index is 13.6. The summed E-state index contributed by atoms with van der Waals surface area (Å²) in [5.41, 5.74) is -0.154. The molecule has 2 rings (SSSR count). The van der Waals surface area contributed by atoms with Gasteiger partial charge in [-0.3, -0.25) is 4.79 Å². The minimum Gasteiger partial charge on any atom is -0.388 e. The molecule has 1 aromatic rings. The molecule has 1 amide bonds. The third-order valence-electron chi connectivity index (χ3n) is 2.73. The first-order valence-electron chi connectivity index (χ1n) is 5.10. The van der Waals surface area contributed by atoms with Gasteiger partial charge in [-0.05, 0) is 12.1 Å². The van der Waals surface area contributed by atoms with E-state index < -0.39 is 23.9 Å². The van der Waals surface area contributed by atoms with E-state index in [9.17, 15) is 19.4 Å². The van der Waals surface area contributed by atoms with Gasteiger partial charge in [-0.2, -0.15) is 0 Å². The molecule has 2 N–H and O–H groups in total. The lowest BCUT2D eigenvalue weighted by Gasteiger charge is -2.15. The van der Waals surface area contributed by atoms with E-state index in [-0.39, 0.29) is 23.7 Å². The zero-order valence-electron chi connectivity index (χ0n) is 8.81. The fraction of sp³-hybridized carbons (Fsp3) is 0.364. The van der Waals surface area contributed by atoms with Crippen LogP contribution in [-0.4, -0.2) is 46.3 Å². The zero-order chi connectivity index (χ0) is 12.6. The number of likely N-dealkylation sites (tertiary alicyclic amines) is 1. The number of carbonyl (C=O) groups excluding carboxylic acids is 1. The molecular formula is C11H11ClFNO3. The quantitative estimate of drug-likeness (QED) is 0.779. The summed E-state index contributed by atoms with van der Waals surface area (Å²) in [4.78, 5) is 13.1. The van der Waals surface area contributed by atoms with E-state index in [1.54, 1.807) is 0 Å². The van der Waals surface area contributed by atoms with Crippen LogP contribution < -0.4 is 0 Å². The predicted molar refractivity (Wildman–Crippen MR) is 59.3 cm³/mol. The van der Waals surface area contributed by atoms with E-state index in [4.69, 9.17) is 11.6 Å². The Bertz CT molecular complexity index is 444. The van der Waals surface area contributed by atoms with Gasteiger partial charge in [0.2, 0.25) is 0 Å². The van der Waals surface area contributed by atoms with E-state index in [1.807, 2.05) is 0 Å². The molecule has 1 saturated heterocycles. The number of hydrogen-bond donors (Lipinski definition) is 2. The molecule has 0 bridgehead atoms. The Balaban J connectivity index is 2.24. The van der Waals surface area contributed by atoms with Crippen molar-refractivity contribution in [2.24, 2.45) is 0 Å². The summed E-state index contributed by atoms with van der Waals surface area (Å²) >= 11 is 5.58. The van der Waals surface area contributed by atoms with Gasteiger partial charge in [0.15, 0.2) is 5.82 Å². The van der Waals surface area contributed by atoms with Crippen LogP contribution in [0.4, 0.5) is 4.39 Å². The maximum Gasteiger partial charge on any atom is 0.257 e. The van der Waals surface area contributed by atoms with Gasteiger partial charge in [0, 0.05) is 13.1 Å². The summed E-state index contributed by atoms with van der Waals surface area (Å²) in [5.74, 6) is -1.37. The van der Waals surface area contributed by atoms with Crippen molar-refractivity contribution in [1.29, 1.82) is 0 Å². The SMILES string of the molecule is O=C(c1cccc(Cl)c1F)N1C[C@@H](O)[C@@H](O)C1. The van der Waals surface area contributed by atoms with Crippen molar-refractivity contribution in [2.75, 3.05) is 13.1 Å². The second kappa shape index (κ2) is 4.60. The molecule has 92 valence electrons. The maximum absolute atomic E-state index is 13.6. The van der Waals surface area contributed by atoms with Gasteiger partial charge in [0.1, 0.15) is 0 Å². The third-order valence-corrected chi connectivity index (χ3v) is 3.02. The van der Waals surface area contributed by atoms with Crippen LogP contribution in [-0.2, 0) is 0 Å². The van der Waals surface area contributed by atoms with E-state index in [0.29, 0.717) is 0 Å². The number of hydrogen-bond acceptors (Lipinski definition) is 3. The molecule has 1 heterocycles. The summed E-state index contributed by atoms with van der Waals surface area (Å²) in [6.45, 7) is -0.0160. The Labute approximate surface area is 102 Å². The highest BCUT2D eigenvalue weighted by molar-refractivity contribution is 6.31. The lowest BCUT2D eigenvalue weighted by atomic mass is 10.2. The highest BCUT2D eigenvalue weighted by Crippen LogP contribution is 2.21. The van der Waals surface area contributed by atoms with Crippen LogP contribution >= 0.6 is 11.6 Å². The van der Waals surface area contributed by atoms with Crippen LogP contribution in [0.1, 0.15) is 10.4 Å². The van der Waals surface area contributed by atoms with Crippen LogP contribution in [0, 0.1) is 5.82 Å². The van der Waals surface area contributed by atoms with Crippen molar-refractivity contribution in [3.05, 3.63) is 34.6 Å². The predicted octanol–water partition coefficient (Wildman–Crippen LogP) is 0.657. The fourth-order valence-corrected chi connectivity index (χ4v) is 1.95. The molecule has 1 fully saturated rings. The summed E-state index contributed by atoms with van der Waals surface area (Å²) in [6.07, 6.45) is -1.97. The molecule has 2 atom stereocenters. The van der Waals surface area contributed by atoms with Crippen LogP contribution in [0.3, 0.4) is 0 Å². The summed E-state index contributed by atoms with van der Waals surface area (Å²) < 4.78 is 13.6. The molecule has 0 unspecified atom stereocenters. The van der Waals surface area contributed by atoms with Gasteiger partial charge in [0.25, 0.3) is 5.91 Å². The highest BCUT2D eigenvalue weighted by atomic mass is 35.5. The summed E-state index contributed by atoms with van der Waals surface area (Å²) in [7, 11) is 0. The van der Waals surface area contributed by atoms with Crippen molar-refractivity contribution < 1.29 is 19.4 Å². The Hall–Kier alpha value is -1.17. The van der Waals surface area contributed by atoms with E-state index in [2.05, 4.69) is 0 Å². The molecule has 1 aliphatic rings. The van der Waals surface area contributed by atoms with Crippen molar-refractivity contribution in [2.45, 2.75) is 12.2 Å². The van der Waals surface area contributed by atoms with Crippen molar-refractivity contribution in [1.82, 2.24) is 4.90 Å². The summed E-state index contributed by atoms with van der Waals surface area (Å²) in [5, 5.41) is 18.5. The van der Waals surface area contributed by atoms with Gasteiger partial charge in [-0.1, -0.05) is 17.7 Å². The molecule has 0 radical (unpaired) electrons. The molecular weight excluding hydrogens is 249 g/mol. The van der Waals surface area contributed by atoms with Gasteiger partial charge in [-0.15, -0.1) is 0 Å². The molecule has 0 aromatic heterocycles. The minimum atomic E-state index is -0.985.